The first-order valence-electron chi connectivity index (χ1n) is 7.58. The highest BCUT2D eigenvalue weighted by molar-refractivity contribution is 7.80. The van der Waals surface area contributed by atoms with E-state index in [0.717, 1.165) is 10.8 Å². The molecule has 0 radical (unpaired) electrons. The third-order valence-corrected chi connectivity index (χ3v) is 3.63. The number of nitrogens with one attached hydrogen (secondary N) is 2. The molecule has 1 amide bonds. The summed E-state index contributed by atoms with van der Waals surface area (Å²) >= 11 is 5.13. The van der Waals surface area contributed by atoms with Gasteiger partial charge in [-0.3, -0.25) is 10.1 Å². The Labute approximate surface area is 149 Å². The van der Waals surface area contributed by atoms with Crippen LogP contribution >= 0.6 is 12.2 Å². The third kappa shape index (κ3) is 4.74. The number of amides is 1. The van der Waals surface area contributed by atoms with E-state index < -0.39 is 0 Å². The van der Waals surface area contributed by atoms with Gasteiger partial charge >= 0.3 is 0 Å². The molecular formula is C19H15FN2O2S. The van der Waals surface area contributed by atoms with Gasteiger partial charge in [0.1, 0.15) is 11.6 Å². The van der Waals surface area contributed by atoms with Crippen LogP contribution < -0.4 is 15.4 Å². The van der Waals surface area contributed by atoms with Gasteiger partial charge in [-0.05, 0) is 59.4 Å². The second-order valence-corrected chi connectivity index (χ2v) is 5.72. The highest BCUT2D eigenvalue weighted by atomic mass is 32.1. The fourth-order valence-electron chi connectivity index (χ4n) is 2.29. The molecule has 0 atom stereocenters. The number of anilines is 1. The molecule has 0 aliphatic carbocycles. The fraction of sp³-hybridized carbons (Fsp3) is 0.0526. The van der Waals surface area contributed by atoms with Crippen LogP contribution in [0.5, 0.6) is 5.75 Å². The number of carbonyl (C=O) groups excluding carboxylic acids is 1. The fourth-order valence-corrected chi connectivity index (χ4v) is 2.52. The van der Waals surface area contributed by atoms with E-state index in [1.165, 1.54) is 12.1 Å². The molecular weight excluding hydrogens is 339 g/mol. The molecule has 0 spiro atoms. The minimum absolute atomic E-state index is 0.136. The Bertz CT molecular complexity index is 916. The predicted octanol–water partition coefficient (Wildman–Crippen LogP) is 3.87. The maximum absolute atomic E-state index is 13.2. The summed E-state index contributed by atoms with van der Waals surface area (Å²) in [5.74, 6) is -0.0306. The number of carbonyl (C=O) groups is 1. The summed E-state index contributed by atoms with van der Waals surface area (Å²) in [5, 5.41) is 7.31. The number of hydrogen-bond acceptors (Lipinski definition) is 3. The van der Waals surface area contributed by atoms with Crippen LogP contribution in [0.2, 0.25) is 0 Å². The number of thiocarbonyl (C=S) groups is 1. The molecule has 4 nitrogen and oxygen atoms in total. The molecule has 0 saturated carbocycles. The molecule has 0 aliphatic rings. The van der Waals surface area contributed by atoms with Crippen LogP contribution in [0, 0.1) is 5.82 Å². The minimum atomic E-state index is -0.357. The van der Waals surface area contributed by atoms with E-state index in [0.29, 0.717) is 11.4 Å². The van der Waals surface area contributed by atoms with Crippen LogP contribution in [-0.2, 0) is 4.79 Å². The van der Waals surface area contributed by atoms with Crippen LogP contribution in [0.15, 0.2) is 66.7 Å². The minimum Gasteiger partial charge on any atom is -0.484 e. The van der Waals surface area contributed by atoms with E-state index in [1.807, 2.05) is 24.3 Å². The Hall–Kier alpha value is -2.99. The van der Waals surface area contributed by atoms with Gasteiger partial charge in [0, 0.05) is 5.69 Å². The summed E-state index contributed by atoms with van der Waals surface area (Å²) in [7, 11) is 0. The normalized spacial score (nSPS) is 10.3. The van der Waals surface area contributed by atoms with Gasteiger partial charge in [0.05, 0.1) is 0 Å². The van der Waals surface area contributed by atoms with E-state index in [2.05, 4.69) is 10.6 Å². The van der Waals surface area contributed by atoms with E-state index in [1.54, 1.807) is 30.3 Å². The lowest BCUT2D eigenvalue weighted by Gasteiger charge is -2.11. The molecule has 6 heteroatoms. The molecule has 3 aromatic carbocycles. The van der Waals surface area contributed by atoms with Crippen molar-refractivity contribution in [3.05, 3.63) is 72.5 Å². The number of hydrogen-bond donors (Lipinski definition) is 2. The van der Waals surface area contributed by atoms with Gasteiger partial charge in [-0.2, -0.15) is 0 Å². The first-order chi connectivity index (χ1) is 12.1. The quantitative estimate of drug-likeness (QED) is 0.699. The van der Waals surface area contributed by atoms with Crippen LogP contribution in [0.1, 0.15) is 0 Å². The molecule has 0 unspecified atom stereocenters. The largest absolute Gasteiger partial charge is 0.484 e. The van der Waals surface area contributed by atoms with Crippen molar-refractivity contribution >= 4 is 39.7 Å². The van der Waals surface area contributed by atoms with Gasteiger partial charge < -0.3 is 10.1 Å². The maximum Gasteiger partial charge on any atom is 0.264 e. The monoisotopic (exact) mass is 354 g/mol. The van der Waals surface area contributed by atoms with Crippen LogP contribution in [-0.4, -0.2) is 17.6 Å². The SMILES string of the molecule is O=C(COc1ccccc1)NC(=S)Nc1ccc2cc(F)ccc2c1. The van der Waals surface area contributed by atoms with Crippen molar-refractivity contribution in [1.82, 2.24) is 5.32 Å². The Morgan fingerprint density at radius 2 is 1.72 bits per heavy atom. The number of rotatable bonds is 4. The van der Waals surface area contributed by atoms with Crippen molar-refractivity contribution < 1.29 is 13.9 Å². The van der Waals surface area contributed by atoms with E-state index in [-0.39, 0.29) is 23.4 Å². The molecule has 3 aromatic rings. The summed E-state index contributed by atoms with van der Waals surface area (Å²) < 4.78 is 18.5. The lowest BCUT2D eigenvalue weighted by Crippen LogP contribution is -2.37. The zero-order chi connectivity index (χ0) is 17.6. The first kappa shape index (κ1) is 16.9. The highest BCUT2D eigenvalue weighted by Gasteiger charge is 2.06. The molecule has 0 saturated heterocycles. The lowest BCUT2D eigenvalue weighted by molar-refractivity contribution is -0.121. The number of ether oxygens (including phenoxy) is 1. The van der Waals surface area contributed by atoms with Crippen LogP contribution in [0.4, 0.5) is 10.1 Å². The Morgan fingerprint density at radius 3 is 2.52 bits per heavy atom. The summed E-state index contributed by atoms with van der Waals surface area (Å²) in [5.41, 5.74) is 0.702. The van der Waals surface area contributed by atoms with Crippen molar-refractivity contribution in [2.24, 2.45) is 0 Å². The zero-order valence-corrected chi connectivity index (χ0v) is 14.0. The van der Waals surface area contributed by atoms with Crippen molar-refractivity contribution in [3.63, 3.8) is 0 Å². The maximum atomic E-state index is 13.2. The van der Waals surface area contributed by atoms with E-state index in [4.69, 9.17) is 17.0 Å². The Kier molecular flexibility index (Phi) is 5.20. The Balaban J connectivity index is 1.55. The summed E-state index contributed by atoms with van der Waals surface area (Å²) in [4.78, 5) is 11.9. The molecule has 25 heavy (non-hydrogen) atoms. The summed E-state index contributed by atoms with van der Waals surface area (Å²) in [6, 6.07) is 19.0. The number of fused-ring (bicyclic) bond motifs is 1. The lowest BCUT2D eigenvalue weighted by atomic mass is 10.1. The van der Waals surface area contributed by atoms with Gasteiger partial charge in [-0.1, -0.05) is 30.3 Å². The van der Waals surface area contributed by atoms with Crippen LogP contribution in [0.25, 0.3) is 10.8 Å². The molecule has 0 heterocycles. The average Bonchev–Trinajstić information content (AvgIpc) is 2.61. The van der Waals surface area contributed by atoms with Crippen LogP contribution in [0.3, 0.4) is 0 Å². The number of halogens is 1. The molecule has 0 aromatic heterocycles. The van der Waals surface area contributed by atoms with Crippen molar-refractivity contribution in [2.75, 3.05) is 11.9 Å². The smallest absolute Gasteiger partial charge is 0.264 e. The molecule has 0 aliphatic heterocycles. The Morgan fingerprint density at radius 1 is 1.00 bits per heavy atom. The highest BCUT2D eigenvalue weighted by Crippen LogP contribution is 2.20. The van der Waals surface area contributed by atoms with Gasteiger partial charge in [0.25, 0.3) is 5.91 Å². The zero-order valence-electron chi connectivity index (χ0n) is 13.2. The molecule has 2 N–H and O–H groups in total. The summed E-state index contributed by atoms with van der Waals surface area (Å²) in [6.45, 7) is -0.136. The van der Waals surface area contributed by atoms with E-state index >= 15 is 0 Å². The van der Waals surface area contributed by atoms with Gasteiger partial charge in [0.2, 0.25) is 0 Å². The second-order valence-electron chi connectivity index (χ2n) is 5.31. The number of benzene rings is 3. The topological polar surface area (TPSA) is 50.4 Å². The molecule has 0 fully saturated rings. The van der Waals surface area contributed by atoms with Gasteiger partial charge in [0.15, 0.2) is 11.7 Å². The van der Waals surface area contributed by atoms with E-state index in [9.17, 15) is 9.18 Å². The summed E-state index contributed by atoms with van der Waals surface area (Å²) in [6.07, 6.45) is 0. The molecule has 3 rings (SSSR count). The molecule has 126 valence electrons. The van der Waals surface area contributed by atoms with Crippen molar-refractivity contribution in [2.45, 2.75) is 0 Å². The predicted molar refractivity (Wildman–Crippen MR) is 100 cm³/mol. The standard InChI is InChI=1S/C19H15FN2O2S/c20-15-8-6-14-11-16(9-7-13(14)10-15)21-19(25)22-18(23)12-24-17-4-2-1-3-5-17/h1-11H,12H2,(H2,21,22,23,25). The molecule has 0 bridgehead atoms. The second kappa shape index (κ2) is 7.72. The van der Waals surface area contributed by atoms with Gasteiger partial charge in [-0.25, -0.2) is 4.39 Å². The van der Waals surface area contributed by atoms with Gasteiger partial charge in [-0.15, -0.1) is 0 Å². The third-order valence-electron chi connectivity index (χ3n) is 3.43. The van der Waals surface area contributed by atoms with Crippen molar-refractivity contribution in [3.8, 4) is 5.75 Å². The number of para-hydroxylation sites is 1. The van der Waals surface area contributed by atoms with Crippen molar-refractivity contribution in [1.29, 1.82) is 0 Å². The average molecular weight is 354 g/mol. The first-order valence-corrected chi connectivity index (χ1v) is 7.99.